The lowest BCUT2D eigenvalue weighted by Gasteiger charge is -2.29. The standard InChI is InChI=1S/C11H14F2N2S2/c12-8-3-7(4-9(13)5-8)11(15-14)10-6-16-1-2-17-10/h3-5,10-11,15H,1-2,6,14H2. The van der Waals surface area contributed by atoms with E-state index in [1.165, 1.54) is 12.1 Å². The molecule has 2 nitrogen and oxygen atoms in total. The first kappa shape index (κ1) is 13.1. The molecule has 1 heterocycles. The summed E-state index contributed by atoms with van der Waals surface area (Å²) in [5.41, 5.74) is 3.25. The molecule has 1 aromatic carbocycles. The first-order valence-electron chi connectivity index (χ1n) is 5.32. The van der Waals surface area contributed by atoms with Gasteiger partial charge in [0.2, 0.25) is 0 Å². The maximum absolute atomic E-state index is 13.2. The van der Waals surface area contributed by atoms with Crippen LogP contribution in [0.3, 0.4) is 0 Å². The lowest BCUT2D eigenvalue weighted by molar-refractivity contribution is 0.531. The van der Waals surface area contributed by atoms with Gasteiger partial charge in [0.15, 0.2) is 0 Å². The fourth-order valence-electron chi connectivity index (χ4n) is 1.87. The Hall–Kier alpha value is -0.300. The van der Waals surface area contributed by atoms with Gasteiger partial charge in [0.05, 0.1) is 6.04 Å². The van der Waals surface area contributed by atoms with E-state index in [9.17, 15) is 8.78 Å². The Morgan fingerprint density at radius 1 is 1.24 bits per heavy atom. The molecule has 0 saturated carbocycles. The van der Waals surface area contributed by atoms with Gasteiger partial charge in [-0.25, -0.2) is 8.78 Å². The fourth-order valence-corrected chi connectivity index (χ4v) is 4.72. The highest BCUT2D eigenvalue weighted by atomic mass is 32.2. The van der Waals surface area contributed by atoms with Crippen molar-refractivity contribution in [1.82, 2.24) is 5.43 Å². The Morgan fingerprint density at radius 2 is 1.94 bits per heavy atom. The van der Waals surface area contributed by atoms with Gasteiger partial charge in [-0.15, -0.1) is 0 Å². The molecule has 1 aromatic rings. The van der Waals surface area contributed by atoms with Crippen LogP contribution in [0.25, 0.3) is 0 Å². The number of hydrogen-bond acceptors (Lipinski definition) is 4. The van der Waals surface area contributed by atoms with Gasteiger partial charge >= 0.3 is 0 Å². The molecule has 0 bridgehead atoms. The number of hydrazine groups is 1. The Balaban J connectivity index is 2.21. The van der Waals surface area contributed by atoms with Crippen LogP contribution in [-0.2, 0) is 0 Å². The van der Waals surface area contributed by atoms with Crippen molar-refractivity contribution in [3.05, 3.63) is 35.4 Å². The molecule has 2 atom stereocenters. The third-order valence-electron chi connectivity index (χ3n) is 2.64. The van der Waals surface area contributed by atoms with E-state index in [0.717, 1.165) is 23.3 Å². The van der Waals surface area contributed by atoms with E-state index in [-0.39, 0.29) is 11.3 Å². The highest BCUT2D eigenvalue weighted by Gasteiger charge is 2.25. The predicted octanol–water partition coefficient (Wildman–Crippen LogP) is 2.32. The van der Waals surface area contributed by atoms with Crippen molar-refractivity contribution in [1.29, 1.82) is 0 Å². The van der Waals surface area contributed by atoms with Crippen LogP contribution in [0.15, 0.2) is 18.2 Å². The Kier molecular flexibility index (Phi) is 4.67. The molecule has 2 unspecified atom stereocenters. The zero-order valence-corrected chi connectivity index (χ0v) is 10.8. The van der Waals surface area contributed by atoms with Crippen molar-refractivity contribution in [2.75, 3.05) is 17.3 Å². The monoisotopic (exact) mass is 276 g/mol. The van der Waals surface area contributed by atoms with E-state index >= 15 is 0 Å². The van der Waals surface area contributed by atoms with Crippen molar-refractivity contribution in [2.45, 2.75) is 11.3 Å². The van der Waals surface area contributed by atoms with Crippen LogP contribution in [-0.4, -0.2) is 22.5 Å². The number of benzene rings is 1. The average molecular weight is 276 g/mol. The highest BCUT2D eigenvalue weighted by molar-refractivity contribution is 8.06. The summed E-state index contributed by atoms with van der Waals surface area (Å²) in [5, 5.41) is 0.250. The first-order valence-corrected chi connectivity index (χ1v) is 7.52. The van der Waals surface area contributed by atoms with Gasteiger partial charge in [-0.1, -0.05) is 0 Å². The third kappa shape index (κ3) is 3.34. The zero-order chi connectivity index (χ0) is 12.3. The number of thioether (sulfide) groups is 2. The minimum atomic E-state index is -0.561. The van der Waals surface area contributed by atoms with Crippen molar-refractivity contribution < 1.29 is 8.78 Å². The predicted molar refractivity (Wildman–Crippen MR) is 70.0 cm³/mol. The van der Waals surface area contributed by atoms with Crippen LogP contribution in [0, 0.1) is 11.6 Å². The topological polar surface area (TPSA) is 38.0 Å². The molecule has 0 amide bonds. The molecule has 0 aromatic heterocycles. The molecule has 17 heavy (non-hydrogen) atoms. The minimum Gasteiger partial charge on any atom is -0.271 e. The molecular weight excluding hydrogens is 262 g/mol. The normalized spacial score (nSPS) is 22.4. The molecule has 94 valence electrons. The molecule has 3 N–H and O–H groups in total. The second kappa shape index (κ2) is 6.04. The van der Waals surface area contributed by atoms with Gasteiger partial charge in [-0.2, -0.15) is 23.5 Å². The van der Waals surface area contributed by atoms with Gasteiger partial charge < -0.3 is 0 Å². The summed E-state index contributed by atoms with van der Waals surface area (Å²) in [4.78, 5) is 0. The summed E-state index contributed by atoms with van der Waals surface area (Å²) >= 11 is 3.64. The quantitative estimate of drug-likeness (QED) is 0.656. The Bertz CT molecular complexity index is 363. The third-order valence-corrected chi connectivity index (χ3v) is 5.50. The van der Waals surface area contributed by atoms with E-state index in [0.29, 0.717) is 5.56 Å². The molecule has 0 aliphatic carbocycles. The van der Waals surface area contributed by atoms with Crippen molar-refractivity contribution in [2.24, 2.45) is 5.84 Å². The number of nitrogens with one attached hydrogen (secondary N) is 1. The van der Waals surface area contributed by atoms with Crippen LogP contribution < -0.4 is 11.3 Å². The molecule has 0 radical (unpaired) electrons. The van der Waals surface area contributed by atoms with Crippen molar-refractivity contribution >= 4 is 23.5 Å². The second-order valence-electron chi connectivity index (χ2n) is 3.83. The van der Waals surface area contributed by atoms with Gasteiger partial charge in [0, 0.05) is 28.6 Å². The van der Waals surface area contributed by atoms with Crippen molar-refractivity contribution in [3.63, 3.8) is 0 Å². The van der Waals surface area contributed by atoms with Gasteiger partial charge in [0.1, 0.15) is 11.6 Å². The largest absolute Gasteiger partial charge is 0.271 e. The maximum atomic E-state index is 13.2. The van der Waals surface area contributed by atoms with E-state index in [1.807, 2.05) is 11.8 Å². The van der Waals surface area contributed by atoms with Gasteiger partial charge in [-0.3, -0.25) is 11.3 Å². The Labute approximate surface area is 108 Å². The van der Waals surface area contributed by atoms with E-state index in [1.54, 1.807) is 11.8 Å². The summed E-state index contributed by atoms with van der Waals surface area (Å²) in [6.07, 6.45) is 0. The molecule has 1 fully saturated rings. The number of hydrogen-bond donors (Lipinski definition) is 2. The highest BCUT2D eigenvalue weighted by Crippen LogP contribution is 2.33. The summed E-state index contributed by atoms with van der Waals surface area (Å²) in [6.45, 7) is 0. The van der Waals surface area contributed by atoms with Crippen LogP contribution in [0.5, 0.6) is 0 Å². The lowest BCUT2D eigenvalue weighted by Crippen LogP contribution is -2.37. The number of nitrogens with two attached hydrogens (primary N) is 1. The smallest absolute Gasteiger partial charge is 0.126 e. The SMILES string of the molecule is NNC(c1cc(F)cc(F)c1)C1CSCCS1. The van der Waals surface area contributed by atoms with E-state index < -0.39 is 11.6 Å². The minimum absolute atomic E-state index is 0.210. The summed E-state index contributed by atoms with van der Waals surface area (Å²) in [5.74, 6) is 7.51. The number of halogens is 2. The molecule has 1 aliphatic rings. The van der Waals surface area contributed by atoms with E-state index in [2.05, 4.69) is 5.43 Å². The van der Waals surface area contributed by atoms with Crippen molar-refractivity contribution in [3.8, 4) is 0 Å². The molecule has 2 rings (SSSR count). The molecule has 1 saturated heterocycles. The molecule has 1 aliphatic heterocycles. The van der Waals surface area contributed by atoms with Crippen LogP contribution >= 0.6 is 23.5 Å². The lowest BCUT2D eigenvalue weighted by atomic mass is 10.0. The van der Waals surface area contributed by atoms with Crippen LogP contribution in [0.2, 0.25) is 0 Å². The van der Waals surface area contributed by atoms with Crippen LogP contribution in [0.1, 0.15) is 11.6 Å². The zero-order valence-electron chi connectivity index (χ0n) is 9.16. The average Bonchev–Trinajstić information content (AvgIpc) is 2.30. The van der Waals surface area contributed by atoms with Gasteiger partial charge in [-0.05, 0) is 17.7 Å². The molecule has 0 spiro atoms. The summed E-state index contributed by atoms with van der Waals surface area (Å²) < 4.78 is 26.3. The fraction of sp³-hybridized carbons (Fsp3) is 0.455. The second-order valence-corrected chi connectivity index (χ2v) is 6.33. The maximum Gasteiger partial charge on any atom is 0.126 e. The number of rotatable bonds is 3. The van der Waals surface area contributed by atoms with E-state index in [4.69, 9.17) is 5.84 Å². The van der Waals surface area contributed by atoms with Gasteiger partial charge in [0.25, 0.3) is 0 Å². The van der Waals surface area contributed by atoms with Crippen LogP contribution in [0.4, 0.5) is 8.78 Å². The molecule has 6 heteroatoms. The Morgan fingerprint density at radius 3 is 2.47 bits per heavy atom. The first-order chi connectivity index (χ1) is 8.20. The molecular formula is C11H14F2N2S2. The summed E-state index contributed by atoms with van der Waals surface area (Å²) in [6, 6.07) is 3.35. The summed E-state index contributed by atoms with van der Waals surface area (Å²) in [7, 11) is 0.